The van der Waals surface area contributed by atoms with E-state index in [4.69, 9.17) is 9.47 Å². The summed E-state index contributed by atoms with van der Waals surface area (Å²) in [7, 11) is 0. The molecule has 27 heavy (non-hydrogen) atoms. The average Bonchev–Trinajstić information content (AvgIpc) is 2.59. The topological polar surface area (TPSA) is 38.7 Å². The number of unbranched alkanes of at least 4 members (excludes halogenated alkanes) is 6. The van der Waals surface area contributed by atoms with Gasteiger partial charge in [-0.2, -0.15) is 0 Å². The summed E-state index contributed by atoms with van der Waals surface area (Å²) < 4.78 is 12.7. The van der Waals surface area contributed by atoms with E-state index in [1.54, 1.807) is 12.1 Å². The van der Waals surface area contributed by atoms with Gasteiger partial charge < -0.3 is 14.6 Å². The fourth-order valence-corrected chi connectivity index (χ4v) is 3.60. The zero-order valence-electron chi connectivity index (χ0n) is 18.3. The molecule has 156 valence electrons. The highest BCUT2D eigenvalue weighted by atomic mass is 16.7. The van der Waals surface area contributed by atoms with Gasteiger partial charge in [-0.3, -0.25) is 0 Å². The lowest BCUT2D eigenvalue weighted by atomic mass is 9.97. The Bertz CT molecular complexity index is 469. The van der Waals surface area contributed by atoms with Gasteiger partial charge in [-0.1, -0.05) is 57.6 Å². The second-order valence-electron chi connectivity index (χ2n) is 8.28. The maximum absolute atomic E-state index is 9.49. The van der Waals surface area contributed by atoms with Gasteiger partial charge in [0.1, 0.15) is 5.75 Å². The molecular weight excluding hydrogens is 336 g/mol. The number of benzene rings is 1. The molecule has 3 heteroatoms. The van der Waals surface area contributed by atoms with Gasteiger partial charge in [0.05, 0.1) is 12.2 Å². The van der Waals surface area contributed by atoms with E-state index in [0.717, 1.165) is 25.7 Å². The van der Waals surface area contributed by atoms with Gasteiger partial charge in [0.2, 0.25) is 0 Å². The highest BCUT2D eigenvalue weighted by molar-refractivity contribution is 5.26. The van der Waals surface area contributed by atoms with E-state index in [1.165, 1.54) is 44.1 Å². The summed E-state index contributed by atoms with van der Waals surface area (Å²) in [5.74, 6) is -0.214. The molecule has 0 aliphatic rings. The molecule has 0 fully saturated rings. The third-order valence-electron chi connectivity index (χ3n) is 4.79. The Hall–Kier alpha value is -1.06. The van der Waals surface area contributed by atoms with Crippen molar-refractivity contribution in [2.75, 3.05) is 0 Å². The van der Waals surface area contributed by atoms with E-state index < -0.39 is 5.79 Å². The van der Waals surface area contributed by atoms with Crippen LogP contribution in [0.3, 0.4) is 0 Å². The minimum absolute atomic E-state index is 0.133. The predicted octanol–water partition coefficient (Wildman–Crippen LogP) is 7.01. The maximum Gasteiger partial charge on any atom is 0.169 e. The maximum atomic E-state index is 9.49. The van der Waals surface area contributed by atoms with Crippen LogP contribution in [0.4, 0.5) is 0 Å². The summed E-state index contributed by atoms with van der Waals surface area (Å²) in [6, 6.07) is 7.47. The van der Waals surface area contributed by atoms with Crippen molar-refractivity contribution in [3.05, 3.63) is 29.8 Å². The first kappa shape index (κ1) is 24.0. The van der Waals surface area contributed by atoms with E-state index in [2.05, 4.69) is 34.6 Å². The van der Waals surface area contributed by atoms with Crippen molar-refractivity contribution in [1.82, 2.24) is 0 Å². The van der Waals surface area contributed by atoms with Gasteiger partial charge >= 0.3 is 0 Å². The number of ether oxygens (including phenoxy) is 2. The summed E-state index contributed by atoms with van der Waals surface area (Å²) in [4.78, 5) is 0. The van der Waals surface area contributed by atoms with Crippen LogP contribution in [0, 0.1) is 0 Å². The van der Waals surface area contributed by atoms with Crippen molar-refractivity contribution in [2.45, 2.75) is 117 Å². The fourth-order valence-electron chi connectivity index (χ4n) is 3.60. The zero-order chi connectivity index (χ0) is 20.1. The minimum atomic E-state index is -0.524. The Morgan fingerprint density at radius 1 is 0.778 bits per heavy atom. The summed E-state index contributed by atoms with van der Waals surface area (Å²) in [6.07, 6.45) is 12.0. The first-order chi connectivity index (χ1) is 12.9. The van der Waals surface area contributed by atoms with Crippen LogP contribution in [-0.2, 0) is 15.9 Å². The molecule has 0 saturated carbocycles. The van der Waals surface area contributed by atoms with Crippen molar-refractivity contribution in [3.63, 3.8) is 0 Å². The van der Waals surface area contributed by atoms with Crippen LogP contribution in [0.5, 0.6) is 5.75 Å². The van der Waals surface area contributed by atoms with Crippen molar-refractivity contribution in [2.24, 2.45) is 0 Å². The highest BCUT2D eigenvalue weighted by Crippen LogP contribution is 2.31. The third kappa shape index (κ3) is 10.8. The quantitative estimate of drug-likeness (QED) is 0.263. The molecule has 1 rings (SSSR count). The van der Waals surface area contributed by atoms with Crippen molar-refractivity contribution >= 4 is 0 Å². The Balaban J connectivity index is 2.66. The molecule has 0 amide bonds. The molecule has 0 bridgehead atoms. The molecule has 0 spiro atoms. The smallest absolute Gasteiger partial charge is 0.169 e. The normalized spacial score (nSPS) is 12.3. The van der Waals surface area contributed by atoms with Crippen LogP contribution in [-0.4, -0.2) is 23.1 Å². The van der Waals surface area contributed by atoms with Gasteiger partial charge in [-0.05, 0) is 58.2 Å². The molecule has 0 heterocycles. The van der Waals surface area contributed by atoms with E-state index in [0.29, 0.717) is 5.75 Å². The molecule has 0 saturated heterocycles. The van der Waals surface area contributed by atoms with E-state index >= 15 is 0 Å². The lowest BCUT2D eigenvalue weighted by Gasteiger charge is -2.37. The van der Waals surface area contributed by atoms with Crippen LogP contribution in [0.15, 0.2) is 24.3 Å². The van der Waals surface area contributed by atoms with Crippen LogP contribution in [0.25, 0.3) is 0 Å². The number of rotatable bonds is 15. The first-order valence-corrected chi connectivity index (χ1v) is 11.0. The van der Waals surface area contributed by atoms with E-state index in [-0.39, 0.29) is 12.2 Å². The first-order valence-electron chi connectivity index (χ1n) is 11.0. The number of phenols is 1. The molecule has 0 radical (unpaired) electrons. The molecule has 1 N–H and O–H groups in total. The standard InChI is InChI=1S/C24H42O3/c1-6-7-8-9-10-11-12-18-24(26-20(2)3,27-21(4)5)19-17-22-13-15-23(25)16-14-22/h13-16,20-21,25H,6-12,17-19H2,1-5H3. The number of aromatic hydroxyl groups is 1. The fraction of sp³-hybridized carbons (Fsp3) is 0.750. The molecule has 1 aromatic carbocycles. The number of aryl methyl sites for hydroxylation is 1. The van der Waals surface area contributed by atoms with E-state index in [9.17, 15) is 5.11 Å². The number of phenolic OH excluding ortho intramolecular Hbond substituents is 1. The second kappa shape index (κ2) is 13.2. The minimum Gasteiger partial charge on any atom is -0.508 e. The van der Waals surface area contributed by atoms with Gasteiger partial charge in [0.25, 0.3) is 0 Å². The summed E-state index contributed by atoms with van der Waals surface area (Å²) in [6.45, 7) is 10.6. The molecule has 0 aliphatic heterocycles. The van der Waals surface area contributed by atoms with Crippen molar-refractivity contribution in [3.8, 4) is 5.75 Å². The van der Waals surface area contributed by atoms with Crippen molar-refractivity contribution < 1.29 is 14.6 Å². The van der Waals surface area contributed by atoms with Gasteiger partial charge in [0.15, 0.2) is 5.79 Å². The predicted molar refractivity (Wildman–Crippen MR) is 114 cm³/mol. The Morgan fingerprint density at radius 3 is 1.81 bits per heavy atom. The van der Waals surface area contributed by atoms with Crippen LogP contribution in [0.1, 0.15) is 98.0 Å². The molecule has 0 atom stereocenters. The number of hydrogen-bond acceptors (Lipinski definition) is 3. The highest BCUT2D eigenvalue weighted by Gasteiger charge is 2.33. The summed E-state index contributed by atoms with van der Waals surface area (Å²) in [5, 5.41) is 9.49. The zero-order valence-corrected chi connectivity index (χ0v) is 18.3. The number of hydrogen-bond donors (Lipinski definition) is 1. The lowest BCUT2D eigenvalue weighted by molar-refractivity contribution is -0.275. The summed E-state index contributed by atoms with van der Waals surface area (Å²) >= 11 is 0. The van der Waals surface area contributed by atoms with Gasteiger partial charge in [0, 0.05) is 12.8 Å². The van der Waals surface area contributed by atoms with Crippen molar-refractivity contribution in [1.29, 1.82) is 0 Å². The average molecular weight is 379 g/mol. The lowest BCUT2D eigenvalue weighted by Crippen LogP contribution is -2.41. The van der Waals surface area contributed by atoms with Gasteiger partial charge in [-0.25, -0.2) is 0 Å². The Labute approximate surface area is 167 Å². The largest absolute Gasteiger partial charge is 0.508 e. The Kier molecular flexibility index (Phi) is 11.7. The molecule has 1 aromatic rings. The third-order valence-corrected chi connectivity index (χ3v) is 4.79. The molecular formula is C24H42O3. The van der Waals surface area contributed by atoms with Crippen LogP contribution >= 0.6 is 0 Å². The SMILES string of the molecule is CCCCCCCCCC(CCc1ccc(O)cc1)(OC(C)C)OC(C)C. The molecule has 0 aromatic heterocycles. The second-order valence-corrected chi connectivity index (χ2v) is 8.28. The monoisotopic (exact) mass is 378 g/mol. The van der Waals surface area contributed by atoms with E-state index in [1.807, 2.05) is 12.1 Å². The molecule has 0 aliphatic carbocycles. The Morgan fingerprint density at radius 2 is 1.30 bits per heavy atom. The molecule has 3 nitrogen and oxygen atoms in total. The summed E-state index contributed by atoms with van der Waals surface area (Å²) in [5.41, 5.74) is 1.21. The van der Waals surface area contributed by atoms with Gasteiger partial charge in [-0.15, -0.1) is 0 Å². The van der Waals surface area contributed by atoms with Crippen LogP contribution < -0.4 is 0 Å². The molecule has 0 unspecified atom stereocenters. The van der Waals surface area contributed by atoms with Crippen LogP contribution in [0.2, 0.25) is 0 Å².